The summed E-state index contributed by atoms with van der Waals surface area (Å²) in [6.45, 7) is 2.37. The second-order valence-electron chi connectivity index (χ2n) is 8.82. The fraction of sp³-hybridized carbons (Fsp3) is 0.320. The van der Waals surface area contributed by atoms with Gasteiger partial charge in [0.05, 0.1) is 29.0 Å². The average molecular weight is 501 g/mol. The number of piperidine rings is 1. The number of carbonyl (C=O) groups is 2. The highest BCUT2D eigenvalue weighted by Crippen LogP contribution is 2.45. The molecule has 1 aromatic heterocycles. The molecule has 1 unspecified atom stereocenters. The van der Waals surface area contributed by atoms with Crippen molar-refractivity contribution >= 4 is 29.3 Å². The number of amides is 2. The van der Waals surface area contributed by atoms with E-state index in [9.17, 15) is 14.0 Å². The third-order valence-corrected chi connectivity index (χ3v) is 6.95. The number of likely N-dealkylation sites (tertiary alicyclic amines) is 1. The van der Waals surface area contributed by atoms with Gasteiger partial charge in [-0.15, -0.1) is 0 Å². The lowest BCUT2D eigenvalue weighted by Gasteiger charge is -2.45. The van der Waals surface area contributed by atoms with Crippen LogP contribution < -0.4 is 5.32 Å². The molecule has 0 aliphatic carbocycles. The Morgan fingerprint density at radius 3 is 2.77 bits per heavy atom. The summed E-state index contributed by atoms with van der Waals surface area (Å²) < 4.78 is 34.1. The van der Waals surface area contributed by atoms with Crippen molar-refractivity contribution < 1.29 is 23.1 Å². The van der Waals surface area contributed by atoms with Gasteiger partial charge in [0.2, 0.25) is 0 Å². The van der Waals surface area contributed by atoms with Gasteiger partial charge in [-0.2, -0.15) is 0 Å². The van der Waals surface area contributed by atoms with E-state index in [0.29, 0.717) is 31.6 Å². The van der Waals surface area contributed by atoms with Gasteiger partial charge in [-0.25, -0.2) is 18.6 Å². The number of ether oxygens (including phenoxy) is 1. The van der Waals surface area contributed by atoms with E-state index < -0.39 is 17.5 Å². The van der Waals surface area contributed by atoms with Crippen LogP contribution in [0.3, 0.4) is 0 Å². The summed E-state index contributed by atoms with van der Waals surface area (Å²) in [5.41, 5.74) is 0.235. The summed E-state index contributed by atoms with van der Waals surface area (Å²) in [4.78, 5) is 34.7. The molecule has 2 aliphatic heterocycles. The number of rotatable bonds is 4. The van der Waals surface area contributed by atoms with E-state index in [1.54, 1.807) is 12.1 Å². The van der Waals surface area contributed by atoms with Crippen LogP contribution in [0, 0.1) is 11.6 Å². The zero-order chi connectivity index (χ0) is 24.7. The van der Waals surface area contributed by atoms with Crippen molar-refractivity contribution in [3.8, 4) is 0 Å². The number of anilines is 1. The molecule has 2 aromatic carbocycles. The Morgan fingerprint density at radius 2 is 2.03 bits per heavy atom. The molecule has 2 aliphatic rings. The van der Waals surface area contributed by atoms with E-state index in [-0.39, 0.29) is 46.2 Å². The lowest BCUT2D eigenvalue weighted by Crippen LogP contribution is -2.53. The van der Waals surface area contributed by atoms with Crippen LogP contribution in [0.5, 0.6) is 0 Å². The molecule has 5 rings (SSSR count). The number of fused-ring (bicyclic) bond motifs is 2. The monoisotopic (exact) mass is 500 g/mol. The van der Waals surface area contributed by atoms with E-state index in [1.165, 1.54) is 35.4 Å². The molecular formula is C25H23ClF2N4O3. The first-order valence-corrected chi connectivity index (χ1v) is 11.8. The molecule has 0 radical (unpaired) electrons. The zero-order valence-corrected chi connectivity index (χ0v) is 19.7. The van der Waals surface area contributed by atoms with Gasteiger partial charge < -0.3 is 14.6 Å². The maximum Gasteiger partial charge on any atom is 0.412 e. The van der Waals surface area contributed by atoms with E-state index in [2.05, 4.69) is 15.3 Å². The summed E-state index contributed by atoms with van der Waals surface area (Å²) in [5, 5.41) is 2.43. The van der Waals surface area contributed by atoms with Gasteiger partial charge in [-0.05, 0) is 49.1 Å². The number of nitrogens with zero attached hydrogens (tertiary/aromatic N) is 2. The van der Waals surface area contributed by atoms with Gasteiger partial charge in [0, 0.05) is 12.5 Å². The minimum atomic E-state index is -1.34. The SMILES string of the molecule is CCC(c1ccc(F)cc1)c1ncc(C(=O)N2CCC[C@@]3(C2)OC(=O)Nc2ccc(Cl)c(F)c23)[nH]1. The standard InChI is InChI=1S/C25H23ClF2N4O3/c1-2-16(14-4-6-15(27)7-5-14)22-29-12-19(30-22)23(33)32-11-3-10-25(13-32)20-18(31-24(34)35-25)9-8-17(26)21(20)28/h4-9,12,16H,2-3,10-11,13H2,1H3,(H,29,30)(H,31,34)/t16?,25-/m0/s1. The Balaban J connectivity index is 1.42. The molecule has 182 valence electrons. The zero-order valence-electron chi connectivity index (χ0n) is 18.9. The molecule has 0 bridgehead atoms. The van der Waals surface area contributed by atoms with Crippen LogP contribution in [0.1, 0.15) is 59.5 Å². The largest absolute Gasteiger partial charge is 0.436 e. The first-order chi connectivity index (χ1) is 16.8. The molecule has 2 N–H and O–H groups in total. The minimum absolute atomic E-state index is 0.0208. The molecule has 0 saturated carbocycles. The highest BCUT2D eigenvalue weighted by Gasteiger charge is 2.48. The smallest absolute Gasteiger partial charge is 0.412 e. The van der Waals surface area contributed by atoms with E-state index in [4.69, 9.17) is 16.3 Å². The number of benzene rings is 2. The van der Waals surface area contributed by atoms with Gasteiger partial charge in [0.1, 0.15) is 17.3 Å². The highest BCUT2D eigenvalue weighted by atomic mass is 35.5. The first-order valence-electron chi connectivity index (χ1n) is 11.4. The summed E-state index contributed by atoms with van der Waals surface area (Å²) in [7, 11) is 0. The van der Waals surface area contributed by atoms with Crippen LogP contribution in [0.25, 0.3) is 0 Å². The van der Waals surface area contributed by atoms with Crippen LogP contribution >= 0.6 is 11.6 Å². The number of carbonyl (C=O) groups excluding carboxylic acids is 2. The predicted octanol–water partition coefficient (Wildman–Crippen LogP) is 5.58. The second-order valence-corrected chi connectivity index (χ2v) is 9.22. The Hall–Kier alpha value is -3.46. The summed E-state index contributed by atoms with van der Waals surface area (Å²) in [6.07, 6.45) is 2.30. The molecular weight excluding hydrogens is 478 g/mol. The highest BCUT2D eigenvalue weighted by molar-refractivity contribution is 6.31. The molecule has 1 fully saturated rings. The van der Waals surface area contributed by atoms with Crippen molar-refractivity contribution in [1.29, 1.82) is 0 Å². The Bertz CT molecular complexity index is 1300. The molecule has 1 saturated heterocycles. The van der Waals surface area contributed by atoms with Crippen molar-refractivity contribution in [2.45, 2.75) is 37.7 Å². The van der Waals surface area contributed by atoms with Crippen molar-refractivity contribution in [3.63, 3.8) is 0 Å². The number of aromatic nitrogens is 2. The summed E-state index contributed by atoms with van der Waals surface area (Å²) >= 11 is 6.03. The lowest BCUT2D eigenvalue weighted by molar-refractivity contribution is -0.0419. The van der Waals surface area contributed by atoms with Crippen LogP contribution in [0.2, 0.25) is 5.02 Å². The number of halogens is 3. The quantitative estimate of drug-likeness (QED) is 0.490. The predicted molar refractivity (Wildman–Crippen MR) is 125 cm³/mol. The summed E-state index contributed by atoms with van der Waals surface area (Å²) in [6, 6.07) is 9.09. The number of hydrogen-bond acceptors (Lipinski definition) is 4. The van der Waals surface area contributed by atoms with Crippen LogP contribution in [-0.4, -0.2) is 40.0 Å². The Labute approximate surface area is 205 Å². The number of imidazole rings is 1. The molecule has 1 spiro atoms. The topological polar surface area (TPSA) is 87.3 Å². The number of aromatic amines is 1. The number of hydrogen-bond donors (Lipinski definition) is 2. The molecule has 10 heteroatoms. The molecule has 7 nitrogen and oxygen atoms in total. The van der Waals surface area contributed by atoms with Gasteiger partial charge in [-0.3, -0.25) is 10.1 Å². The summed E-state index contributed by atoms with van der Waals surface area (Å²) in [5.74, 6) is -0.887. The van der Waals surface area contributed by atoms with E-state index in [1.807, 2.05) is 6.92 Å². The molecule has 3 aromatic rings. The van der Waals surface area contributed by atoms with Gasteiger partial charge >= 0.3 is 6.09 Å². The van der Waals surface area contributed by atoms with Crippen LogP contribution in [-0.2, 0) is 10.3 Å². The fourth-order valence-corrected chi connectivity index (χ4v) is 5.18. The Kier molecular flexibility index (Phi) is 5.96. The Morgan fingerprint density at radius 1 is 1.26 bits per heavy atom. The molecule has 35 heavy (non-hydrogen) atoms. The minimum Gasteiger partial charge on any atom is -0.436 e. The second kappa shape index (κ2) is 8.96. The normalized spacial score (nSPS) is 20.2. The van der Waals surface area contributed by atoms with Gasteiger partial charge in [0.25, 0.3) is 5.91 Å². The maximum absolute atomic E-state index is 15.1. The van der Waals surface area contributed by atoms with Crippen molar-refractivity contribution in [2.75, 3.05) is 18.4 Å². The van der Waals surface area contributed by atoms with Gasteiger partial charge in [0.15, 0.2) is 11.4 Å². The third-order valence-electron chi connectivity index (χ3n) is 6.65. The number of nitrogens with one attached hydrogen (secondary N) is 2. The molecule has 2 atom stereocenters. The molecule has 2 amide bonds. The number of H-pyrrole nitrogens is 1. The average Bonchev–Trinajstić information content (AvgIpc) is 3.32. The third kappa shape index (κ3) is 4.14. The fourth-order valence-electron chi connectivity index (χ4n) is 5.02. The van der Waals surface area contributed by atoms with Crippen LogP contribution in [0.4, 0.5) is 19.3 Å². The van der Waals surface area contributed by atoms with E-state index >= 15 is 4.39 Å². The van der Waals surface area contributed by atoms with Crippen molar-refractivity contribution in [2.24, 2.45) is 0 Å². The van der Waals surface area contributed by atoms with Crippen molar-refractivity contribution in [3.05, 3.63) is 81.9 Å². The molecule has 3 heterocycles. The van der Waals surface area contributed by atoms with Gasteiger partial charge in [-0.1, -0.05) is 30.7 Å². The first kappa shape index (κ1) is 23.3. The van der Waals surface area contributed by atoms with Crippen molar-refractivity contribution in [1.82, 2.24) is 14.9 Å². The van der Waals surface area contributed by atoms with Crippen LogP contribution in [0.15, 0.2) is 42.6 Å². The van der Waals surface area contributed by atoms with E-state index in [0.717, 1.165) is 5.56 Å². The maximum atomic E-state index is 15.1. The lowest BCUT2D eigenvalue weighted by atomic mass is 9.83.